The molecule has 9 N–H and O–H groups in total. The van der Waals surface area contributed by atoms with E-state index in [1.54, 1.807) is 0 Å². The topological polar surface area (TPSA) is 365 Å². The Morgan fingerprint density at radius 2 is 1.18 bits per heavy atom. The summed E-state index contributed by atoms with van der Waals surface area (Å²) in [6, 6.07) is 0. The summed E-state index contributed by atoms with van der Waals surface area (Å²) in [7, 11) is -4.68. The normalized spacial score (nSPS) is 30.4. The zero-order chi connectivity index (χ0) is 36.9. The van der Waals surface area contributed by atoms with Crippen LogP contribution in [0.1, 0.15) is 12.5 Å². The van der Waals surface area contributed by atoms with Gasteiger partial charge in [0.2, 0.25) is 0 Å². The van der Waals surface area contributed by atoms with E-state index in [2.05, 4.69) is 29.9 Å². The van der Waals surface area contributed by atoms with Crippen molar-refractivity contribution < 1.29 is 67.6 Å². The van der Waals surface area contributed by atoms with Gasteiger partial charge >= 0.3 is 0 Å². The molecule has 0 bridgehead atoms. The maximum absolute atomic E-state index is 12.7. The van der Waals surface area contributed by atoms with Gasteiger partial charge in [-0.15, -0.1) is 0 Å². The maximum atomic E-state index is 12.7. The Morgan fingerprint density at radius 1 is 0.725 bits per heavy atom. The van der Waals surface area contributed by atoms with Crippen LogP contribution < -0.4 is 26.1 Å². The summed E-state index contributed by atoms with van der Waals surface area (Å²) in [5.74, 6) is 0.302. The van der Waals surface area contributed by atoms with E-state index in [4.69, 9.17) is 62.6 Å². The monoisotopic (exact) mass is 813 g/mol. The van der Waals surface area contributed by atoms with Crippen LogP contribution in [0.3, 0.4) is 0 Å². The molecule has 51 heavy (non-hydrogen) atoms. The minimum absolute atomic E-state index is 0.0681. The molecule has 2 saturated heterocycles. The minimum Gasteiger partial charge on any atom is -0.806 e. The number of hydrogen-bond acceptors (Lipinski definition) is 24. The maximum Gasteiger partial charge on any atom is 0.167 e. The quantitative estimate of drug-likeness (QED) is 0.0623. The first-order valence-corrected chi connectivity index (χ1v) is 21.3. The Kier molecular flexibility index (Phi) is 11.2. The van der Waals surface area contributed by atoms with Crippen molar-refractivity contribution in [2.75, 3.05) is 31.0 Å². The van der Waals surface area contributed by atoms with Gasteiger partial charge < -0.3 is 79.0 Å². The molecule has 0 saturated carbocycles. The molecule has 0 radical (unpaired) electrons. The number of nitrogens with zero attached hydrogens (tertiary/aromatic N) is 8. The van der Waals surface area contributed by atoms with Gasteiger partial charge in [0, 0.05) is 0 Å². The molecule has 4 aromatic rings. The molecule has 29 heteroatoms. The zero-order valence-electron chi connectivity index (χ0n) is 25.4. The highest BCUT2D eigenvalue weighted by atomic mass is 32.5. The zero-order valence-corrected chi connectivity index (χ0v) is 29.7. The highest BCUT2D eigenvalue weighted by molar-refractivity contribution is 8.07. The molecular formula is C22H28N10O14P3S2-3. The fourth-order valence-corrected chi connectivity index (χ4v) is 9.29. The van der Waals surface area contributed by atoms with Gasteiger partial charge in [-0.2, -0.15) is 0 Å². The minimum atomic E-state index is -4.68. The molecule has 6 heterocycles. The van der Waals surface area contributed by atoms with Crippen LogP contribution in [0, 0.1) is 0 Å². The van der Waals surface area contributed by atoms with Gasteiger partial charge in [-0.25, -0.2) is 29.9 Å². The predicted molar refractivity (Wildman–Crippen MR) is 174 cm³/mol. The molecule has 2 aliphatic heterocycles. The Balaban J connectivity index is 0.991. The summed E-state index contributed by atoms with van der Waals surface area (Å²) < 4.78 is 33.5. The van der Waals surface area contributed by atoms with Crippen LogP contribution >= 0.6 is 20.8 Å². The molecule has 24 nitrogen and oxygen atoms in total. The average molecular weight is 814 g/mol. The first-order chi connectivity index (χ1) is 24.0. The number of aliphatic hydroxyl groups is 4. The van der Waals surface area contributed by atoms with Gasteiger partial charge in [-0.3, -0.25) is 9.13 Å². The summed E-state index contributed by atoms with van der Waals surface area (Å²) in [6.07, 6.45) is -7.66. The lowest BCUT2D eigenvalue weighted by atomic mass is 10.1. The predicted octanol–water partition coefficient (Wildman–Crippen LogP) is -4.78. The summed E-state index contributed by atoms with van der Waals surface area (Å²) in [5.41, 5.74) is 12.4. The first kappa shape index (κ1) is 38.5. The largest absolute Gasteiger partial charge is 0.806 e. The lowest BCUT2D eigenvalue weighted by Crippen LogP contribution is -2.34. The number of ether oxygens (including phenoxy) is 2. The fourth-order valence-electron chi connectivity index (χ4n) is 5.02. The third kappa shape index (κ3) is 8.29. The Hall–Kier alpha value is -2.26. The van der Waals surface area contributed by atoms with Crippen LogP contribution in [0.15, 0.2) is 25.3 Å². The number of aromatic nitrogens is 8. The highest BCUT2D eigenvalue weighted by Gasteiger charge is 2.46. The summed E-state index contributed by atoms with van der Waals surface area (Å²) in [5, 5.41) is 42.1. The smallest absolute Gasteiger partial charge is 0.167 e. The number of imidazole rings is 2. The van der Waals surface area contributed by atoms with Gasteiger partial charge in [0.25, 0.3) is 0 Å². The molecule has 5 unspecified atom stereocenters. The third-order valence-corrected chi connectivity index (χ3v) is 11.8. The van der Waals surface area contributed by atoms with E-state index in [9.17, 15) is 40.0 Å². The van der Waals surface area contributed by atoms with Gasteiger partial charge in [-0.05, 0) is 7.34 Å². The lowest BCUT2D eigenvalue weighted by molar-refractivity contribution is -0.213. The molecule has 4 aromatic heterocycles. The Bertz CT molecular complexity index is 2050. The molecule has 0 aromatic carbocycles. The van der Waals surface area contributed by atoms with E-state index in [1.165, 1.54) is 28.1 Å². The Morgan fingerprint density at radius 3 is 1.65 bits per heavy atom. The standard InChI is InChI=1S/C22H30N10O14P3S2/c23-17-11-19(27-3-25-17)31(5-29-11)21-15(35)13(33)9(45-21)1-41-48(39,50)43-7-47(37,38)8-44-49(40,51)42-2-10-14(34)16(36)22(46-10)32-6-30-12-18(24)26-4-28-20(12)32/h3-7,9-10,13-16,21-22,33-36H,1-2,8H2,(H7-,23,24,25,26,27,28,37,38,39,40,50,51)/q-1/p-2/t9-,10?,13-,14-,15-,16-,21?,22-,48?,49?/m1/s1. The van der Waals surface area contributed by atoms with Crippen molar-refractivity contribution in [2.24, 2.45) is 0 Å². The van der Waals surface area contributed by atoms with Crippen molar-refractivity contribution in [3.63, 3.8) is 0 Å². The van der Waals surface area contributed by atoms with E-state index in [1.807, 2.05) is 0 Å². The molecule has 6 rings (SSSR count). The molecule has 0 amide bonds. The summed E-state index contributed by atoms with van der Waals surface area (Å²) in [6.45, 7) is -10.5. The van der Waals surface area contributed by atoms with Crippen molar-refractivity contribution in [1.82, 2.24) is 39.0 Å². The van der Waals surface area contributed by atoms with Crippen LogP contribution in [0.5, 0.6) is 0 Å². The van der Waals surface area contributed by atoms with E-state index in [0.29, 0.717) is 0 Å². The van der Waals surface area contributed by atoms with E-state index in [0.717, 1.165) is 6.33 Å². The molecule has 0 spiro atoms. The van der Waals surface area contributed by atoms with Gasteiger partial charge in [0.15, 0.2) is 35.4 Å². The molecule has 2 fully saturated rings. The molecule has 0 aliphatic carbocycles. The number of hydrogen-bond donors (Lipinski definition) is 7. The van der Waals surface area contributed by atoms with Crippen LogP contribution in [-0.2, 0) is 51.2 Å². The van der Waals surface area contributed by atoms with Crippen molar-refractivity contribution in [2.45, 2.75) is 49.1 Å². The van der Waals surface area contributed by atoms with Crippen LogP contribution in [0.4, 0.5) is 11.6 Å². The van der Waals surface area contributed by atoms with Crippen molar-refractivity contribution in [3.8, 4) is 0 Å². The third-order valence-electron chi connectivity index (χ3n) is 7.53. The molecular weight excluding hydrogens is 785 g/mol. The molecule has 11 atom stereocenters. The van der Waals surface area contributed by atoms with Gasteiger partial charge in [-0.1, -0.05) is 23.6 Å². The van der Waals surface area contributed by atoms with Crippen LogP contribution in [0.25, 0.3) is 22.3 Å². The van der Waals surface area contributed by atoms with Crippen molar-refractivity contribution in [3.05, 3.63) is 25.3 Å². The second kappa shape index (κ2) is 14.9. The van der Waals surface area contributed by atoms with Gasteiger partial charge in [0.1, 0.15) is 73.7 Å². The molecule has 2 aliphatic rings. The van der Waals surface area contributed by atoms with Crippen LogP contribution in [-0.4, -0.2) is 127 Å². The second-order valence-corrected chi connectivity index (χ2v) is 18.4. The lowest BCUT2D eigenvalue weighted by Gasteiger charge is -2.34. The summed E-state index contributed by atoms with van der Waals surface area (Å²) >= 11 is 9.49. The fraction of sp³-hybridized carbons (Fsp3) is 0.500. The van der Waals surface area contributed by atoms with Crippen molar-refractivity contribution in [1.29, 1.82) is 0 Å². The molecule has 280 valence electrons. The number of rotatable bonds is 13. The van der Waals surface area contributed by atoms with E-state index >= 15 is 0 Å². The van der Waals surface area contributed by atoms with Gasteiger partial charge in [0.05, 0.1) is 38.2 Å². The first-order valence-electron chi connectivity index (χ1n) is 14.3. The highest BCUT2D eigenvalue weighted by Crippen LogP contribution is 2.48. The SMILES string of the molecule is Nc1ncnc2c1ncn2C1O[C@H](COP([O-])(=S)OC=P([O-])(O)COP([O-])(=S)OCC2O[C@@H](n3cnc4c(N)ncnc43)[C@H](O)[C@@H]2O)[C@@H](O)[C@H]1O. The number of aliphatic hydroxyl groups excluding tert-OH is 4. The number of fused-ring (bicyclic) bond motifs is 2. The van der Waals surface area contributed by atoms with Crippen molar-refractivity contribution >= 4 is 84.3 Å². The van der Waals surface area contributed by atoms with Crippen LogP contribution in [0.2, 0.25) is 0 Å². The second-order valence-electron chi connectivity index (χ2n) is 11.0. The van der Waals surface area contributed by atoms with E-state index in [-0.39, 0.29) is 39.9 Å². The Labute approximate surface area is 295 Å². The number of anilines is 2. The van der Waals surface area contributed by atoms with E-state index < -0.39 is 89.4 Å². The number of nitrogen functional groups attached to an aromatic ring is 2. The average Bonchev–Trinajstić information content (AvgIpc) is 3.84. The summed E-state index contributed by atoms with van der Waals surface area (Å²) in [4.78, 5) is 72.0. The number of nitrogens with two attached hydrogens (primary N) is 2.